The third-order valence-corrected chi connectivity index (χ3v) is 2.63. The van der Waals surface area contributed by atoms with Crippen LogP contribution in [0.3, 0.4) is 0 Å². The Morgan fingerprint density at radius 2 is 1.79 bits per heavy atom. The summed E-state index contributed by atoms with van der Waals surface area (Å²) in [6.07, 6.45) is 7.13. The summed E-state index contributed by atoms with van der Waals surface area (Å²) in [4.78, 5) is 11.2. The first-order chi connectivity index (χ1) is 6.83. The molecule has 0 amide bonds. The second-order valence-electron chi connectivity index (χ2n) is 3.93. The summed E-state index contributed by atoms with van der Waals surface area (Å²) in [6, 6.07) is 0. The van der Waals surface area contributed by atoms with Crippen molar-refractivity contribution < 1.29 is 13.9 Å². The fraction of sp³-hybridized carbons (Fsp3) is 0.909. The Hall–Kier alpha value is -0.600. The zero-order chi connectivity index (χ0) is 10.2. The second-order valence-corrected chi connectivity index (χ2v) is 3.93. The lowest BCUT2D eigenvalue weighted by Gasteiger charge is -2.13. The van der Waals surface area contributed by atoms with Crippen molar-refractivity contribution in [3.63, 3.8) is 0 Å². The predicted molar refractivity (Wildman–Crippen MR) is 52.8 cm³/mol. The van der Waals surface area contributed by atoms with Gasteiger partial charge < -0.3 is 4.74 Å². The summed E-state index contributed by atoms with van der Waals surface area (Å²) in [6.45, 7) is -0.536. The van der Waals surface area contributed by atoms with Gasteiger partial charge in [0.2, 0.25) is 0 Å². The molecule has 3 heteroatoms. The zero-order valence-electron chi connectivity index (χ0n) is 8.64. The quantitative estimate of drug-likeness (QED) is 0.611. The van der Waals surface area contributed by atoms with E-state index >= 15 is 0 Å². The summed E-state index contributed by atoms with van der Waals surface area (Å²) in [5.41, 5.74) is 0. The SMILES string of the molecule is O=C1CCCCCCCCC(CF)O1. The average molecular weight is 202 g/mol. The standard InChI is InChI=1S/C11H19FO2/c12-9-10-7-5-3-1-2-4-6-8-11(13)14-10/h10H,1-9H2. The lowest BCUT2D eigenvalue weighted by Crippen LogP contribution is -2.19. The summed E-state index contributed by atoms with van der Waals surface area (Å²) in [5, 5.41) is 0. The van der Waals surface area contributed by atoms with Gasteiger partial charge in [-0.2, -0.15) is 0 Å². The van der Waals surface area contributed by atoms with Crippen LogP contribution in [0.4, 0.5) is 4.39 Å². The highest BCUT2D eigenvalue weighted by Gasteiger charge is 2.14. The molecule has 0 aromatic carbocycles. The van der Waals surface area contributed by atoms with Crippen molar-refractivity contribution in [2.45, 2.75) is 57.5 Å². The highest BCUT2D eigenvalue weighted by molar-refractivity contribution is 5.69. The molecule has 2 nitrogen and oxygen atoms in total. The molecule has 82 valence electrons. The molecule has 1 rings (SSSR count). The summed E-state index contributed by atoms with van der Waals surface area (Å²) < 4.78 is 17.4. The average Bonchev–Trinajstić information content (AvgIpc) is 2.23. The van der Waals surface area contributed by atoms with Gasteiger partial charge in [-0.1, -0.05) is 25.7 Å². The minimum absolute atomic E-state index is 0.227. The first kappa shape index (κ1) is 11.5. The van der Waals surface area contributed by atoms with Gasteiger partial charge >= 0.3 is 5.97 Å². The lowest BCUT2D eigenvalue weighted by molar-refractivity contribution is -0.150. The number of carbonyl (C=O) groups is 1. The van der Waals surface area contributed by atoms with Crippen LogP contribution in [0.1, 0.15) is 51.4 Å². The minimum Gasteiger partial charge on any atom is -0.460 e. The Morgan fingerprint density at radius 1 is 1.14 bits per heavy atom. The molecule has 1 aliphatic rings. The normalized spacial score (nSPS) is 26.4. The van der Waals surface area contributed by atoms with Gasteiger partial charge in [0, 0.05) is 6.42 Å². The van der Waals surface area contributed by atoms with E-state index in [-0.39, 0.29) is 5.97 Å². The molecule has 0 aliphatic carbocycles. The molecule has 1 atom stereocenters. The van der Waals surface area contributed by atoms with E-state index in [4.69, 9.17) is 4.74 Å². The molecular formula is C11H19FO2. The van der Waals surface area contributed by atoms with E-state index in [1.165, 1.54) is 12.8 Å². The van der Waals surface area contributed by atoms with Crippen LogP contribution >= 0.6 is 0 Å². The third kappa shape index (κ3) is 4.58. The Bertz CT molecular complexity index is 171. The molecule has 0 N–H and O–H groups in total. The van der Waals surface area contributed by atoms with Crippen LogP contribution in [-0.4, -0.2) is 18.7 Å². The Balaban J connectivity index is 2.35. The van der Waals surface area contributed by atoms with E-state index in [0.29, 0.717) is 12.8 Å². The van der Waals surface area contributed by atoms with Crippen molar-refractivity contribution in [3.8, 4) is 0 Å². The third-order valence-electron chi connectivity index (χ3n) is 2.63. The number of cyclic esters (lactones) is 1. The first-order valence-corrected chi connectivity index (χ1v) is 5.58. The number of hydrogen-bond acceptors (Lipinski definition) is 2. The van der Waals surface area contributed by atoms with Crippen molar-refractivity contribution in [1.82, 2.24) is 0 Å². The molecule has 1 unspecified atom stereocenters. The maximum Gasteiger partial charge on any atom is 0.306 e. The van der Waals surface area contributed by atoms with Crippen LogP contribution in [0.5, 0.6) is 0 Å². The van der Waals surface area contributed by atoms with Crippen LogP contribution in [0.15, 0.2) is 0 Å². The van der Waals surface area contributed by atoms with Crippen molar-refractivity contribution >= 4 is 5.97 Å². The highest BCUT2D eigenvalue weighted by Crippen LogP contribution is 2.15. The fourth-order valence-corrected chi connectivity index (χ4v) is 1.76. The van der Waals surface area contributed by atoms with E-state index < -0.39 is 12.8 Å². The van der Waals surface area contributed by atoms with E-state index in [2.05, 4.69) is 0 Å². The monoisotopic (exact) mass is 202 g/mol. The molecule has 1 aliphatic heterocycles. The molecular weight excluding hydrogens is 183 g/mol. The molecule has 0 aromatic rings. The highest BCUT2D eigenvalue weighted by atomic mass is 19.1. The first-order valence-electron chi connectivity index (χ1n) is 5.58. The number of carbonyl (C=O) groups excluding carboxylic acids is 1. The van der Waals surface area contributed by atoms with Crippen LogP contribution in [-0.2, 0) is 9.53 Å². The topological polar surface area (TPSA) is 26.3 Å². The fourth-order valence-electron chi connectivity index (χ4n) is 1.76. The van der Waals surface area contributed by atoms with Gasteiger partial charge in [-0.05, 0) is 19.3 Å². The van der Waals surface area contributed by atoms with Crippen LogP contribution < -0.4 is 0 Å². The van der Waals surface area contributed by atoms with Crippen molar-refractivity contribution in [2.24, 2.45) is 0 Å². The van der Waals surface area contributed by atoms with E-state index in [9.17, 15) is 9.18 Å². The van der Waals surface area contributed by atoms with Crippen LogP contribution in [0.25, 0.3) is 0 Å². The van der Waals surface area contributed by atoms with E-state index in [0.717, 1.165) is 25.7 Å². The van der Waals surface area contributed by atoms with Crippen LogP contribution in [0.2, 0.25) is 0 Å². The molecule has 1 fully saturated rings. The largest absolute Gasteiger partial charge is 0.460 e. The van der Waals surface area contributed by atoms with Gasteiger partial charge in [-0.3, -0.25) is 4.79 Å². The zero-order valence-corrected chi connectivity index (χ0v) is 8.64. The summed E-state index contributed by atoms with van der Waals surface area (Å²) in [5.74, 6) is -0.227. The number of hydrogen-bond donors (Lipinski definition) is 0. The van der Waals surface area contributed by atoms with Crippen molar-refractivity contribution in [1.29, 1.82) is 0 Å². The Kier molecular flexibility index (Phi) is 5.57. The minimum atomic E-state index is -0.536. The maximum absolute atomic E-state index is 12.4. The van der Waals surface area contributed by atoms with Crippen molar-refractivity contribution in [2.75, 3.05) is 6.67 Å². The molecule has 14 heavy (non-hydrogen) atoms. The second kappa shape index (κ2) is 6.80. The lowest BCUT2D eigenvalue weighted by atomic mass is 10.1. The number of halogens is 1. The Labute approximate surface area is 84.8 Å². The summed E-state index contributed by atoms with van der Waals surface area (Å²) in [7, 11) is 0. The summed E-state index contributed by atoms with van der Waals surface area (Å²) >= 11 is 0. The number of esters is 1. The number of rotatable bonds is 1. The van der Waals surface area contributed by atoms with Crippen LogP contribution in [0, 0.1) is 0 Å². The molecule has 1 saturated heterocycles. The molecule has 0 aromatic heterocycles. The van der Waals surface area contributed by atoms with Gasteiger partial charge in [-0.25, -0.2) is 4.39 Å². The molecule has 0 spiro atoms. The maximum atomic E-state index is 12.4. The van der Waals surface area contributed by atoms with Gasteiger partial charge in [0.25, 0.3) is 0 Å². The van der Waals surface area contributed by atoms with E-state index in [1.54, 1.807) is 0 Å². The smallest absolute Gasteiger partial charge is 0.306 e. The van der Waals surface area contributed by atoms with Gasteiger partial charge in [0.1, 0.15) is 12.8 Å². The Morgan fingerprint density at radius 3 is 2.50 bits per heavy atom. The van der Waals surface area contributed by atoms with Gasteiger partial charge in [0.15, 0.2) is 0 Å². The molecule has 0 radical (unpaired) electrons. The van der Waals surface area contributed by atoms with Crippen molar-refractivity contribution in [3.05, 3.63) is 0 Å². The number of ether oxygens (including phenoxy) is 1. The van der Waals surface area contributed by atoms with Gasteiger partial charge in [-0.15, -0.1) is 0 Å². The predicted octanol–water partition coefficient (Wildman–Crippen LogP) is 3.00. The molecule has 1 heterocycles. The number of alkyl halides is 1. The van der Waals surface area contributed by atoms with E-state index in [1.807, 2.05) is 0 Å². The molecule has 0 saturated carbocycles. The molecule has 0 bridgehead atoms. The van der Waals surface area contributed by atoms with Gasteiger partial charge in [0.05, 0.1) is 0 Å².